The molecule has 2 heteroatoms. The first kappa shape index (κ1) is 22.3. The summed E-state index contributed by atoms with van der Waals surface area (Å²) >= 11 is 0. The van der Waals surface area contributed by atoms with Gasteiger partial charge in [0.05, 0.1) is 5.60 Å². The van der Waals surface area contributed by atoms with Gasteiger partial charge in [0.25, 0.3) is 0 Å². The molecule has 0 heterocycles. The summed E-state index contributed by atoms with van der Waals surface area (Å²) in [5, 5.41) is 20.4. The van der Waals surface area contributed by atoms with Gasteiger partial charge in [-0.15, -0.1) is 0 Å². The third kappa shape index (κ3) is 3.51. The second-order valence-corrected chi connectivity index (χ2v) is 11.2. The molecule has 0 aromatic rings. The van der Waals surface area contributed by atoms with Crippen LogP contribution in [0, 0.1) is 40.4 Å². The van der Waals surface area contributed by atoms with Gasteiger partial charge < -0.3 is 10.2 Å². The van der Waals surface area contributed by atoms with Crippen molar-refractivity contribution in [1.29, 1.82) is 0 Å². The zero-order valence-corrected chi connectivity index (χ0v) is 19.4. The Labute approximate surface area is 174 Å². The average molecular weight is 391 g/mol. The van der Waals surface area contributed by atoms with Crippen LogP contribution in [0.4, 0.5) is 0 Å². The molecule has 0 radical (unpaired) electrons. The van der Waals surface area contributed by atoms with Crippen LogP contribution in [0.15, 0.2) is 11.6 Å². The fraction of sp³-hybridized carbons (Fsp3) is 0.923. The van der Waals surface area contributed by atoms with Crippen LogP contribution >= 0.6 is 0 Å². The summed E-state index contributed by atoms with van der Waals surface area (Å²) in [6.45, 7) is 13.7. The Morgan fingerprint density at radius 1 is 1.04 bits per heavy atom. The first-order valence-electron chi connectivity index (χ1n) is 12.2. The number of aliphatic hydroxyl groups excluding tert-OH is 1. The molecule has 28 heavy (non-hydrogen) atoms. The van der Waals surface area contributed by atoms with Crippen molar-refractivity contribution in [3.8, 4) is 0 Å². The van der Waals surface area contributed by atoms with Crippen LogP contribution in [0.2, 0.25) is 0 Å². The summed E-state index contributed by atoms with van der Waals surface area (Å²) in [7, 11) is 0. The monoisotopic (exact) mass is 390 g/mol. The molecule has 0 bridgehead atoms. The van der Waals surface area contributed by atoms with Gasteiger partial charge in [-0.05, 0) is 98.7 Å². The summed E-state index contributed by atoms with van der Waals surface area (Å²) < 4.78 is 0. The van der Waals surface area contributed by atoms with Crippen molar-refractivity contribution in [2.24, 2.45) is 40.4 Å². The highest BCUT2D eigenvalue weighted by Gasteiger charge is 2.58. The number of aliphatic hydroxyl groups is 2. The van der Waals surface area contributed by atoms with E-state index < -0.39 is 5.60 Å². The predicted octanol–water partition coefficient (Wildman–Crippen LogP) is 6.36. The molecule has 4 aliphatic carbocycles. The third-order valence-electron chi connectivity index (χ3n) is 9.67. The quantitative estimate of drug-likeness (QED) is 0.538. The first-order valence-corrected chi connectivity index (χ1v) is 12.2. The van der Waals surface area contributed by atoms with Gasteiger partial charge >= 0.3 is 0 Å². The number of allylic oxidation sites excluding steroid dienone is 1. The van der Waals surface area contributed by atoms with Crippen molar-refractivity contribution in [2.75, 3.05) is 6.61 Å². The van der Waals surface area contributed by atoms with E-state index in [9.17, 15) is 10.2 Å². The van der Waals surface area contributed by atoms with Crippen LogP contribution in [-0.2, 0) is 0 Å². The standard InChI is InChI=1S/C24H40O2.C2H6/c1-16(15-25)19-6-5-7-20-18-9-8-17-14-22(2,26)12-13-23(17,3)21(18)10-11-24(19,20)4;1-2/h8,16,18-21,25-26H,5-7,9-15H2,1-4H3;1-2H3/t16-,18?,19?,20?,21?,22+,23?,24?;/m1./s1. The lowest BCUT2D eigenvalue weighted by molar-refractivity contribution is -0.117. The molecule has 3 saturated carbocycles. The summed E-state index contributed by atoms with van der Waals surface area (Å²) in [6.07, 6.45) is 13.5. The van der Waals surface area contributed by atoms with Crippen LogP contribution in [0.5, 0.6) is 0 Å². The van der Waals surface area contributed by atoms with E-state index >= 15 is 0 Å². The Hall–Kier alpha value is -0.340. The van der Waals surface area contributed by atoms with Crippen LogP contribution in [-0.4, -0.2) is 22.4 Å². The number of rotatable bonds is 2. The average Bonchev–Trinajstić information content (AvgIpc) is 2.68. The Bertz CT molecular complexity index is 579. The molecule has 4 rings (SSSR count). The fourth-order valence-electron chi connectivity index (χ4n) is 8.11. The second kappa shape index (κ2) is 8.06. The molecule has 0 amide bonds. The lowest BCUT2D eigenvalue weighted by atomic mass is 9.42. The topological polar surface area (TPSA) is 40.5 Å². The van der Waals surface area contributed by atoms with Gasteiger partial charge in [0.15, 0.2) is 0 Å². The van der Waals surface area contributed by atoms with E-state index in [1.54, 1.807) is 5.57 Å². The molecule has 0 aromatic heterocycles. The van der Waals surface area contributed by atoms with E-state index in [1.165, 1.54) is 38.5 Å². The largest absolute Gasteiger partial charge is 0.396 e. The SMILES string of the molecule is CC.C[C@H](CO)C1CCCC2C3CC=C4C[C@@](C)(O)CCC4(C)C3CCC21C. The van der Waals surface area contributed by atoms with Gasteiger partial charge in [0, 0.05) is 6.61 Å². The second-order valence-electron chi connectivity index (χ2n) is 11.2. The van der Waals surface area contributed by atoms with Crippen molar-refractivity contribution < 1.29 is 10.2 Å². The molecular formula is C26H46O2. The molecule has 2 N–H and O–H groups in total. The lowest BCUT2D eigenvalue weighted by Crippen LogP contribution is -2.55. The van der Waals surface area contributed by atoms with Gasteiger partial charge in [-0.1, -0.05) is 52.7 Å². The van der Waals surface area contributed by atoms with E-state index in [1.807, 2.05) is 20.8 Å². The minimum Gasteiger partial charge on any atom is -0.396 e. The van der Waals surface area contributed by atoms with Crippen molar-refractivity contribution in [3.63, 3.8) is 0 Å². The van der Waals surface area contributed by atoms with Crippen LogP contribution < -0.4 is 0 Å². The van der Waals surface area contributed by atoms with Gasteiger partial charge in [0.2, 0.25) is 0 Å². The highest BCUT2D eigenvalue weighted by Crippen LogP contribution is 2.66. The van der Waals surface area contributed by atoms with Crippen LogP contribution in [0.25, 0.3) is 0 Å². The Kier molecular flexibility index (Phi) is 6.44. The normalized spacial score (nSPS) is 48.8. The summed E-state index contributed by atoms with van der Waals surface area (Å²) in [5.41, 5.74) is 1.81. The maximum atomic E-state index is 10.6. The van der Waals surface area contributed by atoms with Gasteiger partial charge in [0.1, 0.15) is 0 Å². The third-order valence-corrected chi connectivity index (χ3v) is 9.67. The van der Waals surface area contributed by atoms with Crippen molar-refractivity contribution in [2.45, 2.75) is 105 Å². The van der Waals surface area contributed by atoms with E-state index in [4.69, 9.17) is 0 Å². The summed E-state index contributed by atoms with van der Waals surface area (Å²) in [6, 6.07) is 0. The van der Waals surface area contributed by atoms with Crippen molar-refractivity contribution >= 4 is 0 Å². The molecule has 0 spiro atoms. The maximum Gasteiger partial charge on any atom is 0.0657 e. The highest BCUT2D eigenvalue weighted by molar-refractivity contribution is 5.26. The molecule has 162 valence electrons. The zero-order valence-electron chi connectivity index (χ0n) is 19.4. The van der Waals surface area contributed by atoms with Gasteiger partial charge in [-0.2, -0.15) is 0 Å². The molecule has 8 atom stereocenters. The van der Waals surface area contributed by atoms with E-state index in [-0.39, 0.29) is 0 Å². The number of hydrogen-bond acceptors (Lipinski definition) is 2. The molecule has 0 aromatic carbocycles. The van der Waals surface area contributed by atoms with Gasteiger partial charge in [-0.25, -0.2) is 0 Å². The smallest absolute Gasteiger partial charge is 0.0657 e. The minimum atomic E-state index is -0.492. The zero-order chi connectivity index (χ0) is 20.7. The molecule has 3 fully saturated rings. The molecule has 4 aliphatic rings. The van der Waals surface area contributed by atoms with Crippen LogP contribution in [0.3, 0.4) is 0 Å². The Balaban J connectivity index is 0.00000109. The molecule has 0 aliphatic heterocycles. The first-order chi connectivity index (χ1) is 13.2. The summed E-state index contributed by atoms with van der Waals surface area (Å²) in [4.78, 5) is 0. The van der Waals surface area contributed by atoms with E-state index in [2.05, 4.69) is 26.8 Å². The fourth-order valence-corrected chi connectivity index (χ4v) is 8.11. The Morgan fingerprint density at radius 3 is 2.43 bits per heavy atom. The number of fused-ring (bicyclic) bond motifs is 5. The number of hydrogen-bond donors (Lipinski definition) is 2. The molecular weight excluding hydrogens is 344 g/mol. The van der Waals surface area contributed by atoms with Crippen LogP contribution in [0.1, 0.15) is 99.3 Å². The lowest BCUT2D eigenvalue weighted by Gasteiger charge is -2.63. The maximum absolute atomic E-state index is 10.6. The predicted molar refractivity (Wildman–Crippen MR) is 118 cm³/mol. The van der Waals surface area contributed by atoms with E-state index in [0.29, 0.717) is 29.3 Å². The Morgan fingerprint density at radius 2 is 1.75 bits per heavy atom. The molecule has 6 unspecified atom stereocenters. The molecule has 2 nitrogen and oxygen atoms in total. The van der Waals surface area contributed by atoms with Crippen molar-refractivity contribution in [1.82, 2.24) is 0 Å². The van der Waals surface area contributed by atoms with Crippen molar-refractivity contribution in [3.05, 3.63) is 11.6 Å². The molecule has 0 saturated heterocycles. The highest BCUT2D eigenvalue weighted by atomic mass is 16.3. The summed E-state index contributed by atoms with van der Waals surface area (Å²) in [5.74, 6) is 3.58. The minimum absolute atomic E-state index is 0.321. The van der Waals surface area contributed by atoms with E-state index in [0.717, 1.165) is 37.0 Å². The van der Waals surface area contributed by atoms with Gasteiger partial charge in [-0.3, -0.25) is 0 Å².